The molecule has 16 heavy (non-hydrogen) atoms. The fraction of sp³-hybridized carbons (Fsp3) is 0.462. The predicted molar refractivity (Wildman–Crippen MR) is 63.2 cm³/mol. The fourth-order valence-corrected chi connectivity index (χ4v) is 1.51. The lowest BCUT2D eigenvalue weighted by atomic mass is 10.0. The SMILES string of the molecule is COCCCC(=O)c1ccc(C)c(OC)c1. The second-order valence-corrected chi connectivity index (χ2v) is 3.70. The zero-order valence-corrected chi connectivity index (χ0v) is 10.1. The van der Waals surface area contributed by atoms with E-state index in [1.807, 2.05) is 19.1 Å². The Morgan fingerprint density at radius 2 is 2.06 bits per heavy atom. The first-order chi connectivity index (χ1) is 7.69. The summed E-state index contributed by atoms with van der Waals surface area (Å²) in [6.45, 7) is 2.58. The lowest BCUT2D eigenvalue weighted by Gasteiger charge is -2.07. The van der Waals surface area contributed by atoms with Crippen LogP contribution in [0.3, 0.4) is 0 Å². The highest BCUT2D eigenvalue weighted by Crippen LogP contribution is 2.20. The van der Waals surface area contributed by atoms with Crippen molar-refractivity contribution in [3.8, 4) is 5.75 Å². The number of ether oxygens (including phenoxy) is 2. The van der Waals surface area contributed by atoms with Crippen LogP contribution >= 0.6 is 0 Å². The highest BCUT2D eigenvalue weighted by molar-refractivity contribution is 5.96. The van der Waals surface area contributed by atoms with Crippen LogP contribution in [0.25, 0.3) is 0 Å². The average molecular weight is 222 g/mol. The van der Waals surface area contributed by atoms with Crippen LogP contribution in [0.5, 0.6) is 5.75 Å². The Morgan fingerprint density at radius 1 is 1.31 bits per heavy atom. The third-order valence-electron chi connectivity index (χ3n) is 2.48. The maximum atomic E-state index is 11.8. The van der Waals surface area contributed by atoms with Gasteiger partial charge in [-0.1, -0.05) is 12.1 Å². The number of carbonyl (C=O) groups excluding carboxylic acids is 1. The number of benzene rings is 1. The van der Waals surface area contributed by atoms with E-state index in [0.29, 0.717) is 18.6 Å². The number of aryl methyl sites for hydroxylation is 1. The summed E-state index contributed by atoms with van der Waals surface area (Å²) in [5, 5.41) is 0. The van der Waals surface area contributed by atoms with Crippen LogP contribution in [0.2, 0.25) is 0 Å². The lowest BCUT2D eigenvalue weighted by molar-refractivity contribution is 0.0963. The van der Waals surface area contributed by atoms with Gasteiger partial charge in [-0.15, -0.1) is 0 Å². The second kappa shape index (κ2) is 6.28. The molecule has 0 heterocycles. The third-order valence-corrected chi connectivity index (χ3v) is 2.48. The molecule has 0 spiro atoms. The Kier molecular flexibility index (Phi) is 4.99. The van der Waals surface area contributed by atoms with E-state index in [0.717, 1.165) is 17.7 Å². The molecule has 0 aromatic heterocycles. The molecule has 0 atom stereocenters. The molecule has 0 fully saturated rings. The summed E-state index contributed by atoms with van der Waals surface area (Å²) >= 11 is 0. The maximum Gasteiger partial charge on any atom is 0.163 e. The van der Waals surface area contributed by atoms with E-state index in [1.54, 1.807) is 20.3 Å². The fourth-order valence-electron chi connectivity index (χ4n) is 1.51. The molecule has 0 aliphatic carbocycles. The van der Waals surface area contributed by atoms with Gasteiger partial charge in [0.2, 0.25) is 0 Å². The van der Waals surface area contributed by atoms with Gasteiger partial charge in [-0.25, -0.2) is 0 Å². The summed E-state index contributed by atoms with van der Waals surface area (Å²) in [6.07, 6.45) is 1.27. The largest absolute Gasteiger partial charge is 0.496 e. The molecule has 1 aromatic rings. The summed E-state index contributed by atoms with van der Waals surface area (Å²) in [4.78, 5) is 11.8. The molecule has 1 rings (SSSR count). The van der Waals surface area contributed by atoms with Crippen LogP contribution in [-0.2, 0) is 4.74 Å². The minimum atomic E-state index is 0.135. The number of ketones is 1. The minimum absolute atomic E-state index is 0.135. The van der Waals surface area contributed by atoms with Crippen molar-refractivity contribution in [2.24, 2.45) is 0 Å². The average Bonchev–Trinajstić information content (AvgIpc) is 2.30. The first kappa shape index (κ1) is 12.7. The molecule has 3 nitrogen and oxygen atoms in total. The molecule has 0 aliphatic rings. The molecule has 0 radical (unpaired) electrons. The lowest BCUT2D eigenvalue weighted by Crippen LogP contribution is -2.02. The first-order valence-corrected chi connectivity index (χ1v) is 5.36. The summed E-state index contributed by atoms with van der Waals surface area (Å²) in [7, 11) is 3.25. The third kappa shape index (κ3) is 3.35. The molecular weight excluding hydrogens is 204 g/mol. The van der Waals surface area contributed by atoms with E-state index in [4.69, 9.17) is 9.47 Å². The summed E-state index contributed by atoms with van der Waals surface area (Å²) in [6, 6.07) is 5.54. The molecule has 3 heteroatoms. The van der Waals surface area contributed by atoms with Gasteiger partial charge >= 0.3 is 0 Å². The smallest absolute Gasteiger partial charge is 0.163 e. The van der Waals surface area contributed by atoms with Crippen LogP contribution in [0.15, 0.2) is 18.2 Å². The number of hydrogen-bond acceptors (Lipinski definition) is 3. The van der Waals surface area contributed by atoms with Crippen molar-refractivity contribution < 1.29 is 14.3 Å². The van der Waals surface area contributed by atoms with Gasteiger partial charge in [0, 0.05) is 25.7 Å². The maximum absolute atomic E-state index is 11.8. The quantitative estimate of drug-likeness (QED) is 0.548. The number of rotatable bonds is 6. The molecule has 0 aliphatic heterocycles. The molecule has 0 saturated heterocycles. The van der Waals surface area contributed by atoms with Crippen LogP contribution in [0, 0.1) is 6.92 Å². The van der Waals surface area contributed by atoms with Crippen molar-refractivity contribution in [2.75, 3.05) is 20.8 Å². The first-order valence-electron chi connectivity index (χ1n) is 5.36. The van der Waals surface area contributed by atoms with E-state index >= 15 is 0 Å². The highest BCUT2D eigenvalue weighted by Gasteiger charge is 2.08. The van der Waals surface area contributed by atoms with Gasteiger partial charge in [0.05, 0.1) is 7.11 Å². The molecule has 0 saturated carbocycles. The number of carbonyl (C=O) groups is 1. The second-order valence-electron chi connectivity index (χ2n) is 3.70. The topological polar surface area (TPSA) is 35.5 Å². The Morgan fingerprint density at radius 3 is 2.69 bits per heavy atom. The van der Waals surface area contributed by atoms with E-state index in [-0.39, 0.29) is 5.78 Å². The van der Waals surface area contributed by atoms with E-state index in [1.165, 1.54) is 0 Å². The van der Waals surface area contributed by atoms with Crippen LogP contribution in [-0.4, -0.2) is 26.6 Å². The van der Waals surface area contributed by atoms with Gasteiger partial charge in [-0.2, -0.15) is 0 Å². The molecule has 88 valence electrons. The Bertz CT molecular complexity index is 358. The number of Topliss-reactive ketones (excluding diaryl/α,β-unsaturated/α-hetero) is 1. The van der Waals surface area contributed by atoms with Gasteiger partial charge in [0.1, 0.15) is 5.75 Å². The van der Waals surface area contributed by atoms with Crippen LogP contribution < -0.4 is 4.74 Å². The van der Waals surface area contributed by atoms with Crippen LogP contribution in [0.1, 0.15) is 28.8 Å². The minimum Gasteiger partial charge on any atom is -0.496 e. The molecule has 0 unspecified atom stereocenters. The normalized spacial score (nSPS) is 10.2. The van der Waals surface area contributed by atoms with Crippen molar-refractivity contribution in [1.82, 2.24) is 0 Å². The highest BCUT2D eigenvalue weighted by atomic mass is 16.5. The zero-order chi connectivity index (χ0) is 12.0. The molecular formula is C13H18O3. The van der Waals surface area contributed by atoms with Crippen molar-refractivity contribution in [2.45, 2.75) is 19.8 Å². The van der Waals surface area contributed by atoms with E-state index < -0.39 is 0 Å². The number of methoxy groups -OCH3 is 2. The monoisotopic (exact) mass is 222 g/mol. The molecule has 0 N–H and O–H groups in total. The standard InChI is InChI=1S/C13H18O3/c1-10-6-7-11(9-13(10)16-3)12(14)5-4-8-15-2/h6-7,9H,4-5,8H2,1-3H3. The van der Waals surface area contributed by atoms with Crippen molar-refractivity contribution >= 4 is 5.78 Å². The Labute approximate surface area is 96.4 Å². The Hall–Kier alpha value is -1.35. The van der Waals surface area contributed by atoms with E-state index in [2.05, 4.69) is 0 Å². The Balaban J connectivity index is 2.68. The van der Waals surface area contributed by atoms with Crippen LogP contribution in [0.4, 0.5) is 0 Å². The van der Waals surface area contributed by atoms with Gasteiger partial charge in [-0.05, 0) is 25.0 Å². The molecule has 0 amide bonds. The zero-order valence-electron chi connectivity index (χ0n) is 10.1. The number of hydrogen-bond donors (Lipinski definition) is 0. The molecule has 0 bridgehead atoms. The van der Waals surface area contributed by atoms with E-state index in [9.17, 15) is 4.79 Å². The van der Waals surface area contributed by atoms with Gasteiger partial charge < -0.3 is 9.47 Å². The summed E-state index contributed by atoms with van der Waals surface area (Å²) in [5.41, 5.74) is 1.74. The van der Waals surface area contributed by atoms with Gasteiger partial charge in [-0.3, -0.25) is 4.79 Å². The van der Waals surface area contributed by atoms with Gasteiger partial charge in [0.25, 0.3) is 0 Å². The van der Waals surface area contributed by atoms with Crippen molar-refractivity contribution in [3.63, 3.8) is 0 Å². The summed E-state index contributed by atoms with van der Waals surface area (Å²) < 4.78 is 10.1. The van der Waals surface area contributed by atoms with Crippen molar-refractivity contribution in [1.29, 1.82) is 0 Å². The van der Waals surface area contributed by atoms with Crippen molar-refractivity contribution in [3.05, 3.63) is 29.3 Å². The predicted octanol–water partition coefficient (Wildman–Crippen LogP) is 2.61. The summed E-state index contributed by atoms with van der Waals surface area (Å²) in [5.74, 6) is 0.896. The molecule has 1 aromatic carbocycles. The van der Waals surface area contributed by atoms with Gasteiger partial charge in [0.15, 0.2) is 5.78 Å².